The van der Waals surface area contributed by atoms with Crippen molar-refractivity contribution in [2.45, 2.75) is 6.61 Å². The first-order chi connectivity index (χ1) is 9.19. The molecule has 1 heterocycles. The van der Waals surface area contributed by atoms with E-state index in [1.54, 1.807) is 30.5 Å². The molecular formula is C12H12N4O3. The Morgan fingerprint density at radius 3 is 2.95 bits per heavy atom. The van der Waals surface area contributed by atoms with Gasteiger partial charge in [-0.1, -0.05) is 6.07 Å². The number of nitrogens with zero attached hydrogens (tertiary/aromatic N) is 2. The first-order valence-corrected chi connectivity index (χ1v) is 5.48. The summed E-state index contributed by atoms with van der Waals surface area (Å²) in [6, 6.07) is 9.54. The van der Waals surface area contributed by atoms with Crippen molar-refractivity contribution in [2.75, 3.05) is 5.43 Å². The van der Waals surface area contributed by atoms with Crippen LogP contribution in [0.3, 0.4) is 0 Å². The molecule has 0 bridgehead atoms. The minimum absolute atomic E-state index is 0.00320. The molecule has 0 fully saturated rings. The van der Waals surface area contributed by atoms with Crippen molar-refractivity contribution in [1.29, 1.82) is 0 Å². The van der Waals surface area contributed by atoms with E-state index >= 15 is 0 Å². The number of nitrogens with one attached hydrogen (secondary N) is 1. The highest BCUT2D eigenvalue weighted by atomic mass is 16.6. The normalized spacial score (nSPS) is 9.95. The lowest BCUT2D eigenvalue weighted by Crippen LogP contribution is -2.09. The van der Waals surface area contributed by atoms with Crippen molar-refractivity contribution >= 4 is 11.5 Å². The van der Waals surface area contributed by atoms with Crippen LogP contribution in [0.25, 0.3) is 0 Å². The van der Waals surface area contributed by atoms with Crippen molar-refractivity contribution in [1.82, 2.24) is 4.98 Å². The fraction of sp³-hybridized carbons (Fsp3) is 0.0833. The summed E-state index contributed by atoms with van der Waals surface area (Å²) in [5, 5.41) is 10.6. The summed E-state index contributed by atoms with van der Waals surface area (Å²) in [5.41, 5.74) is 3.29. The molecule has 0 saturated heterocycles. The zero-order valence-electron chi connectivity index (χ0n) is 9.95. The van der Waals surface area contributed by atoms with Gasteiger partial charge in [0.1, 0.15) is 18.2 Å². The van der Waals surface area contributed by atoms with E-state index in [-0.39, 0.29) is 12.3 Å². The number of hydrogen-bond donors (Lipinski definition) is 2. The second-order valence-corrected chi connectivity index (χ2v) is 3.74. The summed E-state index contributed by atoms with van der Waals surface area (Å²) < 4.78 is 5.48. The molecule has 0 spiro atoms. The Hall–Kier alpha value is -2.67. The fourth-order valence-electron chi connectivity index (χ4n) is 1.50. The summed E-state index contributed by atoms with van der Waals surface area (Å²) in [6.45, 7) is 0.276. The number of benzene rings is 1. The summed E-state index contributed by atoms with van der Waals surface area (Å²) in [6.07, 6.45) is 1.60. The van der Waals surface area contributed by atoms with Gasteiger partial charge in [0.05, 0.1) is 11.0 Å². The van der Waals surface area contributed by atoms with Crippen LogP contribution in [-0.4, -0.2) is 9.91 Å². The van der Waals surface area contributed by atoms with Crippen LogP contribution < -0.4 is 16.0 Å². The lowest BCUT2D eigenvalue weighted by molar-refractivity contribution is -0.384. The molecular weight excluding hydrogens is 248 g/mol. The van der Waals surface area contributed by atoms with Crippen molar-refractivity contribution in [3.8, 4) is 5.75 Å². The summed E-state index contributed by atoms with van der Waals surface area (Å²) in [5.74, 6) is 6.22. The standard InChI is InChI=1S/C12H12N4O3/c13-15-12-6-9(4-5-14-12)8-19-11-3-1-2-10(7-11)16(17)18/h1-7H,8,13H2,(H,14,15). The maximum Gasteiger partial charge on any atom is 0.273 e. The molecule has 2 rings (SSSR count). The second kappa shape index (κ2) is 5.78. The zero-order valence-corrected chi connectivity index (χ0v) is 9.95. The molecule has 0 saturated carbocycles. The van der Waals surface area contributed by atoms with Crippen LogP contribution in [0.4, 0.5) is 11.5 Å². The molecule has 0 amide bonds. The number of non-ortho nitro benzene ring substituents is 1. The van der Waals surface area contributed by atoms with Gasteiger partial charge in [-0.3, -0.25) is 10.1 Å². The maximum absolute atomic E-state index is 10.6. The average molecular weight is 260 g/mol. The third-order valence-electron chi connectivity index (χ3n) is 2.41. The molecule has 98 valence electrons. The quantitative estimate of drug-likeness (QED) is 0.483. The molecule has 7 nitrogen and oxygen atoms in total. The Balaban J connectivity index is 2.05. The number of hydrogen-bond acceptors (Lipinski definition) is 6. The molecule has 0 aliphatic rings. The molecule has 7 heteroatoms. The molecule has 0 aliphatic heterocycles. The van der Waals surface area contributed by atoms with Crippen molar-refractivity contribution in [3.05, 3.63) is 58.3 Å². The smallest absolute Gasteiger partial charge is 0.273 e. The van der Waals surface area contributed by atoms with E-state index in [0.29, 0.717) is 11.6 Å². The molecule has 1 aromatic carbocycles. The molecule has 19 heavy (non-hydrogen) atoms. The number of rotatable bonds is 5. The van der Waals surface area contributed by atoms with Crippen LogP contribution in [0, 0.1) is 10.1 Å². The van der Waals surface area contributed by atoms with Crippen molar-refractivity contribution in [2.24, 2.45) is 5.84 Å². The Morgan fingerprint density at radius 2 is 2.21 bits per heavy atom. The molecule has 3 N–H and O–H groups in total. The van der Waals surface area contributed by atoms with Crippen molar-refractivity contribution < 1.29 is 9.66 Å². The first kappa shape index (κ1) is 12.8. The van der Waals surface area contributed by atoms with Crippen LogP contribution in [0.15, 0.2) is 42.6 Å². The number of nitro benzene ring substituents is 1. The van der Waals surface area contributed by atoms with Gasteiger partial charge in [0.25, 0.3) is 5.69 Å². The SMILES string of the molecule is NNc1cc(COc2cccc([N+](=O)[O-])c2)ccn1. The minimum atomic E-state index is -0.463. The number of ether oxygens (including phenoxy) is 1. The molecule has 0 aliphatic carbocycles. The third-order valence-corrected chi connectivity index (χ3v) is 2.41. The van der Waals surface area contributed by atoms with E-state index in [1.807, 2.05) is 0 Å². The lowest BCUT2D eigenvalue weighted by Gasteiger charge is -2.07. The van der Waals surface area contributed by atoms with E-state index in [9.17, 15) is 10.1 Å². The largest absolute Gasteiger partial charge is 0.489 e. The van der Waals surface area contributed by atoms with Crippen LogP contribution in [-0.2, 0) is 6.61 Å². The maximum atomic E-state index is 10.6. The van der Waals surface area contributed by atoms with Gasteiger partial charge in [0, 0.05) is 12.3 Å². The van der Waals surface area contributed by atoms with Gasteiger partial charge in [0.2, 0.25) is 0 Å². The van der Waals surface area contributed by atoms with Gasteiger partial charge in [0.15, 0.2) is 0 Å². The molecule has 1 aromatic heterocycles. The van der Waals surface area contributed by atoms with E-state index in [0.717, 1.165) is 5.56 Å². The summed E-state index contributed by atoms with van der Waals surface area (Å²) >= 11 is 0. The highest BCUT2D eigenvalue weighted by Crippen LogP contribution is 2.20. The number of anilines is 1. The summed E-state index contributed by atoms with van der Waals surface area (Å²) in [4.78, 5) is 14.1. The summed E-state index contributed by atoms with van der Waals surface area (Å²) in [7, 11) is 0. The monoisotopic (exact) mass is 260 g/mol. The number of nitrogen functional groups attached to an aromatic ring is 1. The van der Waals surface area contributed by atoms with Crippen LogP contribution in [0.2, 0.25) is 0 Å². The number of nitro groups is 1. The average Bonchev–Trinajstić information content (AvgIpc) is 2.45. The van der Waals surface area contributed by atoms with Gasteiger partial charge in [-0.05, 0) is 23.8 Å². The highest BCUT2D eigenvalue weighted by molar-refractivity contribution is 5.39. The highest BCUT2D eigenvalue weighted by Gasteiger charge is 2.06. The van der Waals surface area contributed by atoms with Gasteiger partial charge >= 0.3 is 0 Å². The van der Waals surface area contributed by atoms with Gasteiger partial charge in [-0.2, -0.15) is 0 Å². The second-order valence-electron chi connectivity index (χ2n) is 3.74. The Morgan fingerprint density at radius 1 is 1.37 bits per heavy atom. The van der Waals surface area contributed by atoms with Crippen LogP contribution in [0.1, 0.15) is 5.56 Å². The Labute approximate surface area is 109 Å². The number of aromatic nitrogens is 1. The van der Waals surface area contributed by atoms with Crippen LogP contribution >= 0.6 is 0 Å². The first-order valence-electron chi connectivity index (χ1n) is 5.48. The Kier molecular flexibility index (Phi) is 3.89. The predicted octanol–water partition coefficient (Wildman–Crippen LogP) is 1.85. The van der Waals surface area contributed by atoms with Crippen molar-refractivity contribution in [3.63, 3.8) is 0 Å². The predicted molar refractivity (Wildman–Crippen MR) is 69.5 cm³/mol. The molecule has 0 unspecified atom stereocenters. The van der Waals surface area contributed by atoms with Gasteiger partial charge < -0.3 is 10.2 Å². The van der Waals surface area contributed by atoms with E-state index in [2.05, 4.69) is 10.4 Å². The van der Waals surface area contributed by atoms with E-state index in [1.165, 1.54) is 12.1 Å². The third kappa shape index (κ3) is 3.39. The van der Waals surface area contributed by atoms with Gasteiger partial charge in [-0.15, -0.1) is 0 Å². The lowest BCUT2D eigenvalue weighted by atomic mass is 10.2. The molecule has 2 aromatic rings. The molecule has 0 radical (unpaired) electrons. The zero-order chi connectivity index (χ0) is 13.7. The number of hydrazine groups is 1. The fourth-order valence-corrected chi connectivity index (χ4v) is 1.50. The number of nitrogens with two attached hydrogens (primary N) is 1. The van der Waals surface area contributed by atoms with E-state index in [4.69, 9.17) is 10.6 Å². The number of pyridine rings is 1. The van der Waals surface area contributed by atoms with E-state index < -0.39 is 4.92 Å². The molecule has 0 atom stereocenters. The van der Waals surface area contributed by atoms with Crippen LogP contribution in [0.5, 0.6) is 5.75 Å². The topological polar surface area (TPSA) is 103 Å². The van der Waals surface area contributed by atoms with Gasteiger partial charge in [-0.25, -0.2) is 10.8 Å². The minimum Gasteiger partial charge on any atom is -0.489 e. The Bertz CT molecular complexity index is 589.